The fourth-order valence-corrected chi connectivity index (χ4v) is 4.99. The molecule has 5 rings (SSSR count). The van der Waals surface area contributed by atoms with E-state index in [2.05, 4.69) is 39.7 Å². The molecular formula is C27H32N4O4. The fourth-order valence-electron chi connectivity index (χ4n) is 4.99. The molecule has 0 atom stereocenters. The van der Waals surface area contributed by atoms with Crippen LogP contribution in [-0.4, -0.2) is 45.8 Å². The van der Waals surface area contributed by atoms with Crippen molar-refractivity contribution >= 4 is 23.0 Å². The highest BCUT2D eigenvalue weighted by molar-refractivity contribution is 6.09. The number of aromatic amines is 1. The van der Waals surface area contributed by atoms with Gasteiger partial charge in [0.05, 0.1) is 17.7 Å². The summed E-state index contributed by atoms with van der Waals surface area (Å²) in [5.41, 5.74) is 5.90. The third-order valence-corrected chi connectivity index (χ3v) is 7.09. The van der Waals surface area contributed by atoms with Crippen molar-refractivity contribution in [2.24, 2.45) is 5.92 Å². The second-order valence-corrected chi connectivity index (χ2v) is 9.93. The van der Waals surface area contributed by atoms with Crippen LogP contribution in [0.3, 0.4) is 0 Å². The molecule has 0 aliphatic heterocycles. The Bertz CT molecular complexity index is 1260. The summed E-state index contributed by atoms with van der Waals surface area (Å²) < 4.78 is 6.18. The highest BCUT2D eigenvalue weighted by Gasteiger charge is 2.27. The van der Waals surface area contributed by atoms with Crippen molar-refractivity contribution in [3.63, 3.8) is 0 Å². The lowest BCUT2D eigenvalue weighted by atomic mass is 9.91. The quantitative estimate of drug-likeness (QED) is 0.385. The van der Waals surface area contributed by atoms with Gasteiger partial charge in [0, 0.05) is 35.1 Å². The number of hydrogen-bond donors (Lipinski definition) is 4. The molecule has 0 radical (unpaired) electrons. The number of amides is 2. The van der Waals surface area contributed by atoms with Crippen molar-refractivity contribution in [1.82, 2.24) is 20.6 Å². The van der Waals surface area contributed by atoms with Crippen molar-refractivity contribution in [2.45, 2.75) is 64.5 Å². The minimum absolute atomic E-state index is 0.0149. The first kappa shape index (κ1) is 23.2. The molecule has 2 aliphatic rings. The number of fused-ring (bicyclic) bond motifs is 1. The largest absolute Gasteiger partial charge is 0.493 e. The maximum Gasteiger partial charge on any atom is 0.404 e. The van der Waals surface area contributed by atoms with Gasteiger partial charge in [-0.05, 0) is 76.5 Å². The zero-order chi connectivity index (χ0) is 24.5. The standard InChI is InChI=1S/C27H32N4O4/c1-15-3-10-22(35-14-17-4-5-17)21(13-15)20-11-12-28-25-23(16(2)29-24(20)25)26(32)30-18-6-8-19(9-7-18)31-27(33)34/h3,10-13,17-19,29,31H,4-9,14H2,1-2H3,(H,30,32)(H,33,34)/t18-,19-. The van der Waals surface area contributed by atoms with E-state index in [1.54, 1.807) is 6.20 Å². The van der Waals surface area contributed by atoms with Crippen molar-refractivity contribution < 1.29 is 19.4 Å². The molecular weight excluding hydrogens is 444 g/mol. The van der Waals surface area contributed by atoms with E-state index in [1.807, 2.05) is 19.1 Å². The first-order valence-electron chi connectivity index (χ1n) is 12.4. The fraction of sp³-hybridized carbons (Fsp3) is 0.444. The van der Waals surface area contributed by atoms with E-state index in [1.165, 1.54) is 12.8 Å². The van der Waals surface area contributed by atoms with Crippen LogP contribution in [0.25, 0.3) is 22.2 Å². The first-order chi connectivity index (χ1) is 16.9. The number of rotatable bonds is 7. The van der Waals surface area contributed by atoms with E-state index in [0.717, 1.165) is 53.1 Å². The Labute approximate surface area is 204 Å². The molecule has 0 unspecified atom stereocenters. The van der Waals surface area contributed by atoms with Crippen LogP contribution in [0.5, 0.6) is 5.75 Å². The Hall–Kier alpha value is -3.55. The Morgan fingerprint density at radius 1 is 1.03 bits per heavy atom. The molecule has 2 saturated carbocycles. The lowest BCUT2D eigenvalue weighted by molar-refractivity contribution is 0.0924. The average Bonchev–Trinajstić information content (AvgIpc) is 3.58. The second-order valence-electron chi connectivity index (χ2n) is 9.93. The predicted molar refractivity (Wildman–Crippen MR) is 134 cm³/mol. The summed E-state index contributed by atoms with van der Waals surface area (Å²) in [4.78, 5) is 32.2. The zero-order valence-corrected chi connectivity index (χ0v) is 20.2. The summed E-state index contributed by atoms with van der Waals surface area (Å²) in [6.45, 7) is 4.69. The molecule has 2 heterocycles. The van der Waals surface area contributed by atoms with Gasteiger partial charge in [-0.3, -0.25) is 9.78 Å². The minimum Gasteiger partial charge on any atom is -0.493 e. The summed E-state index contributed by atoms with van der Waals surface area (Å²) >= 11 is 0. The number of carbonyl (C=O) groups excluding carboxylic acids is 1. The van der Waals surface area contributed by atoms with Crippen LogP contribution in [0.4, 0.5) is 4.79 Å². The Balaban J connectivity index is 1.40. The van der Waals surface area contributed by atoms with Gasteiger partial charge in [-0.1, -0.05) is 11.6 Å². The van der Waals surface area contributed by atoms with E-state index in [4.69, 9.17) is 9.84 Å². The SMILES string of the molecule is Cc1ccc(OCC2CC2)c(-c2ccnc3c(C(=O)N[C@H]4CC[C@H](NC(=O)O)CC4)c(C)[nH]c23)c1. The van der Waals surface area contributed by atoms with E-state index in [9.17, 15) is 9.59 Å². The normalized spacial score (nSPS) is 19.9. The van der Waals surface area contributed by atoms with Crippen LogP contribution >= 0.6 is 0 Å². The Kier molecular flexibility index (Phi) is 6.36. The van der Waals surface area contributed by atoms with Crippen molar-refractivity contribution in [3.05, 3.63) is 47.3 Å². The molecule has 8 heteroatoms. The molecule has 8 nitrogen and oxygen atoms in total. The van der Waals surface area contributed by atoms with Gasteiger partial charge in [-0.2, -0.15) is 0 Å². The van der Waals surface area contributed by atoms with Gasteiger partial charge in [-0.15, -0.1) is 0 Å². The van der Waals surface area contributed by atoms with Crippen LogP contribution in [-0.2, 0) is 0 Å². The molecule has 2 fully saturated rings. The minimum atomic E-state index is -0.997. The summed E-state index contributed by atoms with van der Waals surface area (Å²) in [7, 11) is 0. The summed E-state index contributed by atoms with van der Waals surface area (Å²) in [6.07, 6.45) is 6.11. The maximum atomic E-state index is 13.3. The van der Waals surface area contributed by atoms with Gasteiger partial charge >= 0.3 is 6.09 Å². The van der Waals surface area contributed by atoms with Gasteiger partial charge in [0.1, 0.15) is 11.3 Å². The van der Waals surface area contributed by atoms with E-state index in [-0.39, 0.29) is 18.0 Å². The number of pyridine rings is 1. The number of benzene rings is 1. The average molecular weight is 477 g/mol. The van der Waals surface area contributed by atoms with Crippen molar-refractivity contribution in [3.8, 4) is 16.9 Å². The van der Waals surface area contributed by atoms with Crippen LogP contribution in [0.1, 0.15) is 60.1 Å². The maximum absolute atomic E-state index is 13.3. The molecule has 4 N–H and O–H groups in total. The Morgan fingerprint density at radius 3 is 2.43 bits per heavy atom. The Morgan fingerprint density at radius 2 is 1.74 bits per heavy atom. The van der Waals surface area contributed by atoms with Crippen LogP contribution in [0, 0.1) is 19.8 Å². The number of carbonyl (C=O) groups is 2. The molecule has 184 valence electrons. The van der Waals surface area contributed by atoms with Crippen LogP contribution < -0.4 is 15.4 Å². The lowest BCUT2D eigenvalue weighted by Crippen LogP contribution is -2.43. The number of ether oxygens (including phenoxy) is 1. The first-order valence-corrected chi connectivity index (χ1v) is 12.4. The van der Waals surface area contributed by atoms with Gasteiger partial charge in [0.15, 0.2) is 0 Å². The molecule has 35 heavy (non-hydrogen) atoms. The van der Waals surface area contributed by atoms with Crippen LogP contribution in [0.15, 0.2) is 30.5 Å². The molecule has 1 aromatic carbocycles. The molecule has 0 spiro atoms. The van der Waals surface area contributed by atoms with Gasteiger partial charge in [0.2, 0.25) is 0 Å². The smallest absolute Gasteiger partial charge is 0.404 e. The highest BCUT2D eigenvalue weighted by Crippen LogP contribution is 2.38. The molecule has 2 aliphatic carbocycles. The number of hydrogen-bond acceptors (Lipinski definition) is 4. The van der Waals surface area contributed by atoms with Gasteiger partial charge in [0.25, 0.3) is 5.91 Å². The lowest BCUT2D eigenvalue weighted by Gasteiger charge is -2.28. The monoisotopic (exact) mass is 476 g/mol. The molecule has 3 aromatic rings. The van der Waals surface area contributed by atoms with Gasteiger partial charge < -0.3 is 25.5 Å². The van der Waals surface area contributed by atoms with Crippen LogP contribution in [0.2, 0.25) is 0 Å². The molecule has 0 saturated heterocycles. The summed E-state index contributed by atoms with van der Waals surface area (Å²) in [5.74, 6) is 1.35. The molecule has 2 amide bonds. The van der Waals surface area contributed by atoms with Gasteiger partial charge in [-0.25, -0.2) is 4.79 Å². The van der Waals surface area contributed by atoms with Crippen molar-refractivity contribution in [2.75, 3.05) is 6.61 Å². The number of carboxylic acid groups (broad SMARTS) is 1. The number of aromatic nitrogens is 2. The number of nitrogens with one attached hydrogen (secondary N) is 3. The number of H-pyrrole nitrogens is 1. The van der Waals surface area contributed by atoms with E-state index < -0.39 is 6.09 Å². The molecule has 2 aromatic heterocycles. The summed E-state index contributed by atoms with van der Waals surface area (Å²) in [5, 5.41) is 14.6. The third-order valence-electron chi connectivity index (χ3n) is 7.09. The van der Waals surface area contributed by atoms with E-state index >= 15 is 0 Å². The summed E-state index contributed by atoms with van der Waals surface area (Å²) in [6, 6.07) is 8.14. The zero-order valence-electron chi connectivity index (χ0n) is 20.2. The topological polar surface area (TPSA) is 116 Å². The number of aryl methyl sites for hydroxylation is 2. The molecule has 0 bridgehead atoms. The number of nitrogens with zero attached hydrogens (tertiary/aromatic N) is 1. The highest BCUT2D eigenvalue weighted by atomic mass is 16.5. The van der Waals surface area contributed by atoms with E-state index in [0.29, 0.717) is 29.8 Å². The predicted octanol–water partition coefficient (Wildman–Crippen LogP) is 4.94. The van der Waals surface area contributed by atoms with Crippen molar-refractivity contribution in [1.29, 1.82) is 0 Å². The third kappa shape index (κ3) is 5.11. The second kappa shape index (κ2) is 9.60.